The number of rotatable bonds is 2. The minimum atomic E-state index is -0.594. The highest BCUT2D eigenvalue weighted by molar-refractivity contribution is 5.69. The molecule has 1 atom stereocenters. The van der Waals surface area contributed by atoms with Crippen LogP contribution in [0.15, 0.2) is 9.59 Å². The van der Waals surface area contributed by atoms with E-state index in [0.717, 1.165) is 5.69 Å². The van der Waals surface area contributed by atoms with E-state index in [0.29, 0.717) is 31.6 Å². The highest BCUT2D eigenvalue weighted by Gasteiger charge is 2.35. The third kappa shape index (κ3) is 3.12. The van der Waals surface area contributed by atoms with Crippen LogP contribution in [0.4, 0.5) is 4.79 Å². The van der Waals surface area contributed by atoms with Gasteiger partial charge < -0.3 is 9.64 Å². The first-order valence-electron chi connectivity index (χ1n) is 8.48. The number of carbonyl (C=O) groups excluding carboxylic acids is 1. The van der Waals surface area contributed by atoms with E-state index in [9.17, 15) is 14.4 Å². The zero-order valence-electron chi connectivity index (χ0n) is 15.4. The van der Waals surface area contributed by atoms with E-state index in [1.54, 1.807) is 16.4 Å². The maximum Gasteiger partial charge on any atom is 0.410 e. The molecule has 0 aromatic carbocycles. The third-order valence-electron chi connectivity index (χ3n) is 4.31. The minimum Gasteiger partial charge on any atom is -0.444 e. The van der Waals surface area contributed by atoms with Gasteiger partial charge in [-0.05, 0) is 41.5 Å². The average Bonchev–Trinajstić information content (AvgIpc) is 2.46. The van der Waals surface area contributed by atoms with Gasteiger partial charge in [0.25, 0.3) is 5.56 Å². The number of fused-ring (bicyclic) bond motifs is 1. The highest BCUT2D eigenvalue weighted by atomic mass is 16.6. The molecule has 1 amide bonds. The Kier molecular flexibility index (Phi) is 4.92. The number of nitrogens with zero attached hydrogens (tertiary/aromatic N) is 3. The predicted octanol–water partition coefficient (Wildman–Crippen LogP) is 1.90. The summed E-state index contributed by atoms with van der Waals surface area (Å²) in [6.45, 7) is 12.1. The zero-order chi connectivity index (χ0) is 18.2. The minimum absolute atomic E-state index is 0.276. The molecule has 1 aromatic rings. The largest absolute Gasteiger partial charge is 0.444 e. The molecule has 1 aliphatic heterocycles. The van der Waals surface area contributed by atoms with Gasteiger partial charge in [-0.3, -0.25) is 13.9 Å². The Balaban J connectivity index is 2.54. The molecule has 134 valence electrons. The maximum absolute atomic E-state index is 12.8. The van der Waals surface area contributed by atoms with Gasteiger partial charge in [0.1, 0.15) is 5.60 Å². The van der Waals surface area contributed by atoms with E-state index < -0.39 is 17.7 Å². The first kappa shape index (κ1) is 18.3. The lowest BCUT2D eigenvalue weighted by atomic mass is 9.99. The third-order valence-corrected chi connectivity index (χ3v) is 4.31. The molecule has 7 nitrogen and oxygen atoms in total. The molecule has 0 N–H and O–H groups in total. The van der Waals surface area contributed by atoms with Crippen LogP contribution in [-0.2, 0) is 24.2 Å². The highest BCUT2D eigenvalue weighted by Crippen LogP contribution is 2.27. The molecule has 0 bridgehead atoms. The number of aromatic nitrogens is 2. The summed E-state index contributed by atoms with van der Waals surface area (Å²) in [7, 11) is 0. The van der Waals surface area contributed by atoms with Crippen LogP contribution in [-0.4, -0.2) is 32.3 Å². The van der Waals surface area contributed by atoms with Gasteiger partial charge in [0.15, 0.2) is 0 Å². The molecule has 7 heteroatoms. The number of amides is 1. The fraction of sp³-hybridized carbons (Fsp3) is 0.706. The van der Waals surface area contributed by atoms with Gasteiger partial charge in [0, 0.05) is 31.7 Å². The summed E-state index contributed by atoms with van der Waals surface area (Å²) in [4.78, 5) is 39.2. The molecule has 1 unspecified atom stereocenters. The van der Waals surface area contributed by atoms with Crippen molar-refractivity contribution >= 4 is 6.09 Å². The lowest BCUT2D eigenvalue weighted by Gasteiger charge is -2.36. The van der Waals surface area contributed by atoms with E-state index in [4.69, 9.17) is 4.74 Å². The topological polar surface area (TPSA) is 73.5 Å². The van der Waals surface area contributed by atoms with Crippen molar-refractivity contribution in [1.82, 2.24) is 14.0 Å². The first-order chi connectivity index (χ1) is 11.1. The first-order valence-corrected chi connectivity index (χ1v) is 8.48. The van der Waals surface area contributed by atoms with E-state index in [-0.39, 0.29) is 11.2 Å². The predicted molar refractivity (Wildman–Crippen MR) is 91.4 cm³/mol. The molecule has 24 heavy (non-hydrogen) atoms. The maximum atomic E-state index is 12.8. The monoisotopic (exact) mass is 337 g/mol. The van der Waals surface area contributed by atoms with Crippen LogP contribution >= 0.6 is 0 Å². The van der Waals surface area contributed by atoms with Gasteiger partial charge in [0.2, 0.25) is 0 Å². The second kappa shape index (κ2) is 6.45. The number of hydrogen-bond donors (Lipinski definition) is 0. The Bertz CT molecular complexity index is 755. The van der Waals surface area contributed by atoms with Crippen molar-refractivity contribution in [2.45, 2.75) is 72.7 Å². The molecule has 0 radical (unpaired) electrons. The fourth-order valence-corrected chi connectivity index (χ4v) is 3.20. The smallest absolute Gasteiger partial charge is 0.410 e. The standard InChI is InChI=1S/C17H27N3O4/c1-7-18-12-9-10-20(16(23)24-17(4,5)6)11(3)13(12)14(21)19(8-2)15(18)22/h11H,7-10H2,1-6H3. The number of hydrogen-bond acceptors (Lipinski definition) is 4. The quantitative estimate of drug-likeness (QED) is 0.826. The van der Waals surface area contributed by atoms with Crippen LogP contribution in [0.1, 0.15) is 58.8 Å². The summed E-state index contributed by atoms with van der Waals surface area (Å²) in [5.41, 5.74) is 0.0904. The molecule has 2 heterocycles. The summed E-state index contributed by atoms with van der Waals surface area (Å²) in [5.74, 6) is 0. The molecular formula is C17H27N3O4. The van der Waals surface area contributed by atoms with E-state index in [2.05, 4.69) is 0 Å². The normalized spacial score (nSPS) is 17.6. The van der Waals surface area contributed by atoms with Crippen molar-refractivity contribution in [3.63, 3.8) is 0 Å². The SMILES string of the molecule is CCn1c2c(c(=O)n(CC)c1=O)C(C)N(C(=O)OC(C)(C)C)CC2. The van der Waals surface area contributed by atoms with Crippen LogP contribution in [0.25, 0.3) is 0 Å². The molecule has 1 aromatic heterocycles. The summed E-state index contributed by atoms with van der Waals surface area (Å²) in [6.07, 6.45) is 0.0410. The molecule has 1 aliphatic rings. The van der Waals surface area contributed by atoms with E-state index in [1.807, 2.05) is 34.6 Å². The van der Waals surface area contributed by atoms with Gasteiger partial charge in [0.05, 0.1) is 11.6 Å². The second-order valence-electron chi connectivity index (χ2n) is 7.04. The van der Waals surface area contributed by atoms with Gasteiger partial charge in [-0.1, -0.05) is 0 Å². The second-order valence-corrected chi connectivity index (χ2v) is 7.04. The molecule has 0 saturated carbocycles. The van der Waals surface area contributed by atoms with Gasteiger partial charge in [-0.2, -0.15) is 0 Å². The Morgan fingerprint density at radius 2 is 1.75 bits per heavy atom. The lowest BCUT2D eigenvalue weighted by molar-refractivity contribution is 0.0153. The average molecular weight is 337 g/mol. The Labute approximate surface area is 141 Å². The molecular weight excluding hydrogens is 310 g/mol. The Morgan fingerprint density at radius 3 is 2.25 bits per heavy atom. The summed E-state index contributed by atoms with van der Waals surface area (Å²) >= 11 is 0. The molecule has 0 spiro atoms. The Hall–Kier alpha value is -2.05. The fourth-order valence-electron chi connectivity index (χ4n) is 3.20. The zero-order valence-corrected chi connectivity index (χ0v) is 15.4. The van der Waals surface area contributed by atoms with Crippen LogP contribution in [0, 0.1) is 0 Å². The van der Waals surface area contributed by atoms with Crippen molar-refractivity contribution in [3.8, 4) is 0 Å². The van der Waals surface area contributed by atoms with Crippen LogP contribution < -0.4 is 11.2 Å². The van der Waals surface area contributed by atoms with Crippen molar-refractivity contribution in [2.24, 2.45) is 0 Å². The number of ether oxygens (including phenoxy) is 1. The lowest BCUT2D eigenvalue weighted by Crippen LogP contribution is -2.50. The van der Waals surface area contributed by atoms with Crippen molar-refractivity contribution in [2.75, 3.05) is 6.54 Å². The van der Waals surface area contributed by atoms with Gasteiger partial charge in [-0.15, -0.1) is 0 Å². The van der Waals surface area contributed by atoms with Crippen LogP contribution in [0.5, 0.6) is 0 Å². The van der Waals surface area contributed by atoms with Gasteiger partial charge in [-0.25, -0.2) is 9.59 Å². The Morgan fingerprint density at radius 1 is 1.17 bits per heavy atom. The van der Waals surface area contributed by atoms with Crippen LogP contribution in [0.2, 0.25) is 0 Å². The summed E-state index contributed by atoms with van der Waals surface area (Å²) in [6, 6.07) is -0.424. The van der Waals surface area contributed by atoms with Gasteiger partial charge >= 0.3 is 11.8 Å². The van der Waals surface area contributed by atoms with Crippen LogP contribution in [0.3, 0.4) is 0 Å². The van der Waals surface area contributed by atoms with E-state index >= 15 is 0 Å². The molecule has 0 fully saturated rings. The molecule has 0 saturated heterocycles. The van der Waals surface area contributed by atoms with Crippen molar-refractivity contribution in [3.05, 3.63) is 32.1 Å². The van der Waals surface area contributed by atoms with Crippen molar-refractivity contribution < 1.29 is 9.53 Å². The van der Waals surface area contributed by atoms with Crippen molar-refractivity contribution in [1.29, 1.82) is 0 Å². The molecule has 0 aliphatic carbocycles. The molecule has 2 rings (SSSR count). The van der Waals surface area contributed by atoms with E-state index in [1.165, 1.54) is 4.57 Å². The number of carbonyl (C=O) groups is 1. The summed E-state index contributed by atoms with van der Waals surface area (Å²) < 4.78 is 8.32. The summed E-state index contributed by atoms with van der Waals surface area (Å²) in [5, 5.41) is 0.